The summed E-state index contributed by atoms with van der Waals surface area (Å²) < 4.78 is 26.3. The zero-order chi connectivity index (χ0) is 23.9. The Hall–Kier alpha value is -2.58. The highest BCUT2D eigenvalue weighted by molar-refractivity contribution is 7.92. The molecule has 2 aromatic carbocycles. The highest BCUT2D eigenvalue weighted by atomic mass is 35.5. The molecule has 0 saturated heterocycles. The summed E-state index contributed by atoms with van der Waals surface area (Å²) in [5.41, 5.74) is 1.73. The molecule has 9 heteroatoms. The Morgan fingerprint density at radius 3 is 2.28 bits per heavy atom. The molecule has 1 N–H and O–H groups in total. The number of carbonyl (C=O) groups is 2. The Kier molecular flexibility index (Phi) is 9.09. The van der Waals surface area contributed by atoms with Crippen LogP contribution in [0.2, 0.25) is 5.02 Å². The molecule has 0 fully saturated rings. The number of anilines is 1. The fraction of sp³-hybridized carbons (Fsp3) is 0.391. The quantitative estimate of drug-likeness (QED) is 0.566. The first-order valence-electron chi connectivity index (χ1n) is 10.4. The largest absolute Gasteiger partial charge is 0.355 e. The van der Waals surface area contributed by atoms with E-state index in [0.29, 0.717) is 29.2 Å². The van der Waals surface area contributed by atoms with Gasteiger partial charge in [0.25, 0.3) is 0 Å². The molecule has 0 aromatic heterocycles. The van der Waals surface area contributed by atoms with Gasteiger partial charge in [-0.3, -0.25) is 13.9 Å². The second kappa shape index (κ2) is 11.3. The van der Waals surface area contributed by atoms with Crippen LogP contribution in [0, 0.1) is 6.92 Å². The minimum absolute atomic E-state index is 0.182. The van der Waals surface area contributed by atoms with Gasteiger partial charge in [0.1, 0.15) is 12.6 Å². The van der Waals surface area contributed by atoms with Gasteiger partial charge in [0, 0.05) is 18.1 Å². The van der Waals surface area contributed by atoms with Gasteiger partial charge in [-0.2, -0.15) is 0 Å². The summed E-state index contributed by atoms with van der Waals surface area (Å²) in [6.45, 7) is 5.50. The number of carbonyl (C=O) groups excluding carboxylic acids is 2. The fourth-order valence-corrected chi connectivity index (χ4v) is 4.52. The molecular formula is C23H30ClN3O4S. The van der Waals surface area contributed by atoms with E-state index in [1.54, 1.807) is 32.0 Å². The van der Waals surface area contributed by atoms with Crippen molar-refractivity contribution in [3.05, 3.63) is 64.7 Å². The molecule has 0 heterocycles. The predicted octanol–water partition coefficient (Wildman–Crippen LogP) is 3.36. The van der Waals surface area contributed by atoms with Crippen LogP contribution in [-0.4, -0.2) is 50.5 Å². The number of hydrogen-bond donors (Lipinski definition) is 1. The van der Waals surface area contributed by atoms with Crippen LogP contribution in [0.3, 0.4) is 0 Å². The zero-order valence-electron chi connectivity index (χ0n) is 18.8. The lowest BCUT2D eigenvalue weighted by Gasteiger charge is -2.33. The van der Waals surface area contributed by atoms with Crippen LogP contribution in [0.15, 0.2) is 48.5 Å². The van der Waals surface area contributed by atoms with Gasteiger partial charge < -0.3 is 10.2 Å². The minimum atomic E-state index is -3.79. The van der Waals surface area contributed by atoms with Crippen LogP contribution in [0.5, 0.6) is 0 Å². The molecule has 0 spiro atoms. The highest BCUT2D eigenvalue weighted by Crippen LogP contribution is 2.28. The first-order chi connectivity index (χ1) is 15.1. The molecule has 2 rings (SSSR count). The van der Waals surface area contributed by atoms with Crippen molar-refractivity contribution < 1.29 is 18.0 Å². The van der Waals surface area contributed by atoms with Crippen molar-refractivity contribution in [3.63, 3.8) is 0 Å². The fourth-order valence-electron chi connectivity index (χ4n) is 3.45. The van der Waals surface area contributed by atoms with E-state index in [-0.39, 0.29) is 12.5 Å². The summed E-state index contributed by atoms with van der Waals surface area (Å²) in [4.78, 5) is 27.6. The van der Waals surface area contributed by atoms with Crippen LogP contribution in [0.4, 0.5) is 5.69 Å². The Bertz CT molecular complexity index is 1040. The van der Waals surface area contributed by atoms with E-state index in [1.807, 2.05) is 37.3 Å². The lowest BCUT2D eigenvalue weighted by molar-refractivity contribution is -0.140. The Labute approximate surface area is 195 Å². The lowest BCUT2D eigenvalue weighted by Crippen LogP contribution is -2.52. The van der Waals surface area contributed by atoms with Gasteiger partial charge in [-0.15, -0.1) is 0 Å². The molecule has 174 valence electrons. The molecule has 0 aliphatic carbocycles. The van der Waals surface area contributed by atoms with Gasteiger partial charge in [-0.25, -0.2) is 8.42 Å². The van der Waals surface area contributed by atoms with E-state index in [9.17, 15) is 18.0 Å². The topological polar surface area (TPSA) is 86.8 Å². The normalized spacial score (nSPS) is 12.2. The van der Waals surface area contributed by atoms with Crippen molar-refractivity contribution in [1.82, 2.24) is 10.2 Å². The second-order valence-corrected chi connectivity index (χ2v) is 9.79. The Morgan fingerprint density at radius 2 is 1.72 bits per heavy atom. The number of nitrogens with zero attached hydrogens (tertiary/aromatic N) is 2. The Morgan fingerprint density at radius 1 is 1.06 bits per heavy atom. The number of likely N-dealkylation sites (N-methyl/N-ethyl adjacent to an activating group) is 1. The maximum atomic E-state index is 13.5. The first kappa shape index (κ1) is 25.7. The average molecular weight is 480 g/mol. The van der Waals surface area contributed by atoms with Crippen molar-refractivity contribution in [3.8, 4) is 0 Å². The second-order valence-electron chi connectivity index (χ2n) is 7.48. The van der Waals surface area contributed by atoms with E-state index < -0.39 is 28.5 Å². The zero-order valence-corrected chi connectivity index (χ0v) is 20.4. The van der Waals surface area contributed by atoms with Gasteiger partial charge in [0.15, 0.2) is 0 Å². The van der Waals surface area contributed by atoms with E-state index in [4.69, 9.17) is 11.6 Å². The minimum Gasteiger partial charge on any atom is -0.355 e. The maximum Gasteiger partial charge on any atom is 0.244 e. The van der Waals surface area contributed by atoms with Gasteiger partial charge in [0.2, 0.25) is 21.8 Å². The smallest absolute Gasteiger partial charge is 0.244 e. The van der Waals surface area contributed by atoms with Gasteiger partial charge in [-0.05, 0) is 43.5 Å². The summed E-state index contributed by atoms with van der Waals surface area (Å²) in [6.07, 6.45) is 1.43. The van der Waals surface area contributed by atoms with Gasteiger partial charge >= 0.3 is 0 Å². The van der Waals surface area contributed by atoms with E-state index in [1.165, 1.54) is 4.90 Å². The Balaban J connectivity index is 2.45. The van der Waals surface area contributed by atoms with Crippen LogP contribution in [0.1, 0.15) is 31.4 Å². The summed E-state index contributed by atoms with van der Waals surface area (Å²) >= 11 is 6.19. The number of hydrogen-bond acceptors (Lipinski definition) is 4. The van der Waals surface area contributed by atoms with E-state index in [0.717, 1.165) is 16.1 Å². The van der Waals surface area contributed by atoms with Crippen molar-refractivity contribution >= 4 is 39.1 Å². The highest BCUT2D eigenvalue weighted by Gasteiger charge is 2.32. The molecule has 2 aromatic rings. The van der Waals surface area contributed by atoms with Crippen molar-refractivity contribution in [2.45, 2.75) is 39.8 Å². The molecular weight excluding hydrogens is 450 g/mol. The molecule has 7 nitrogen and oxygen atoms in total. The van der Waals surface area contributed by atoms with Crippen molar-refractivity contribution in [2.24, 2.45) is 0 Å². The molecule has 0 bridgehead atoms. The number of nitrogens with one attached hydrogen (secondary N) is 1. The molecule has 1 atom stereocenters. The average Bonchev–Trinajstić information content (AvgIpc) is 2.74. The number of sulfonamides is 1. The predicted molar refractivity (Wildman–Crippen MR) is 128 cm³/mol. The van der Waals surface area contributed by atoms with Crippen molar-refractivity contribution in [1.29, 1.82) is 0 Å². The third kappa shape index (κ3) is 6.46. The molecule has 0 unspecified atom stereocenters. The molecule has 0 saturated carbocycles. The van der Waals surface area contributed by atoms with Crippen LogP contribution in [-0.2, 0) is 26.2 Å². The number of halogens is 1. The van der Waals surface area contributed by atoms with E-state index >= 15 is 0 Å². The van der Waals surface area contributed by atoms with Crippen molar-refractivity contribution in [2.75, 3.05) is 23.7 Å². The summed E-state index contributed by atoms with van der Waals surface area (Å²) in [6, 6.07) is 13.5. The third-order valence-corrected chi connectivity index (χ3v) is 6.66. The molecule has 0 aliphatic heterocycles. The molecule has 2 amide bonds. The number of amides is 2. The number of benzene rings is 2. The lowest BCUT2D eigenvalue weighted by atomic mass is 10.1. The molecule has 0 aliphatic rings. The third-order valence-electron chi connectivity index (χ3n) is 5.12. The summed E-state index contributed by atoms with van der Waals surface area (Å²) in [7, 11) is -3.79. The number of rotatable bonds is 10. The summed E-state index contributed by atoms with van der Waals surface area (Å²) in [5.74, 6) is -0.749. The first-order valence-corrected chi connectivity index (χ1v) is 12.7. The van der Waals surface area contributed by atoms with Crippen LogP contribution in [0.25, 0.3) is 0 Å². The van der Waals surface area contributed by atoms with Gasteiger partial charge in [0.05, 0.1) is 11.9 Å². The monoisotopic (exact) mass is 479 g/mol. The van der Waals surface area contributed by atoms with E-state index in [2.05, 4.69) is 5.32 Å². The maximum absolute atomic E-state index is 13.5. The standard InChI is InChI=1S/C23H30ClN3O4S/c1-5-20(23(29)25-6-2)26(15-18-11-8-7-9-12-18)22(28)16-27(32(4,30)31)21-14-10-13-19(24)17(21)3/h7-14,20H,5-6,15-16H2,1-4H3,(H,25,29)/t20-/m0/s1. The summed E-state index contributed by atoms with van der Waals surface area (Å²) in [5, 5.41) is 3.17. The van der Waals surface area contributed by atoms with Gasteiger partial charge in [-0.1, -0.05) is 54.9 Å². The SMILES string of the molecule is CCNC(=O)[C@H](CC)N(Cc1ccccc1)C(=O)CN(c1cccc(Cl)c1C)S(C)(=O)=O. The molecule has 32 heavy (non-hydrogen) atoms. The van der Waals surface area contributed by atoms with Crippen LogP contribution < -0.4 is 9.62 Å². The van der Waals surface area contributed by atoms with Crippen LogP contribution >= 0.6 is 11.6 Å². The molecule has 0 radical (unpaired) electrons.